The molecule has 2 heteroatoms. The third-order valence-corrected chi connectivity index (χ3v) is 2.88. The second-order valence-electron chi connectivity index (χ2n) is 5.02. The molecule has 92 valence electrons. The lowest BCUT2D eigenvalue weighted by molar-refractivity contribution is -0.115. The van der Waals surface area contributed by atoms with Crippen LogP contribution in [0.4, 0.5) is 0 Å². The van der Waals surface area contributed by atoms with Crippen molar-refractivity contribution in [1.29, 1.82) is 0 Å². The predicted molar refractivity (Wildman–Crippen MR) is 66.2 cm³/mol. The fourth-order valence-corrected chi connectivity index (χ4v) is 1.91. The van der Waals surface area contributed by atoms with E-state index in [4.69, 9.17) is 4.74 Å². The third-order valence-electron chi connectivity index (χ3n) is 2.88. The molecule has 0 aromatic carbocycles. The number of hydrogen-bond donors (Lipinski definition) is 0. The Balaban J connectivity index is 2.00. The second kappa shape index (κ2) is 7.48. The molecular formula is C14H24O2. The van der Waals surface area contributed by atoms with Crippen molar-refractivity contribution in [1.82, 2.24) is 0 Å². The van der Waals surface area contributed by atoms with E-state index in [9.17, 15) is 4.79 Å². The lowest BCUT2D eigenvalue weighted by Gasteiger charge is -2.13. The van der Waals surface area contributed by atoms with Crippen LogP contribution >= 0.6 is 0 Å². The van der Waals surface area contributed by atoms with Crippen LogP contribution in [-0.4, -0.2) is 12.4 Å². The van der Waals surface area contributed by atoms with Gasteiger partial charge in [-0.25, -0.2) is 0 Å². The lowest BCUT2D eigenvalue weighted by Crippen LogP contribution is -2.06. The quantitative estimate of drug-likeness (QED) is 0.614. The van der Waals surface area contributed by atoms with Crippen molar-refractivity contribution in [2.24, 2.45) is 5.92 Å². The number of ketones is 1. The number of ether oxygens (including phenoxy) is 1. The Labute approximate surface area is 99.1 Å². The highest BCUT2D eigenvalue weighted by atomic mass is 16.5. The Hall–Kier alpha value is -0.790. The number of carbonyl (C=O) groups excluding carboxylic acids is 1. The summed E-state index contributed by atoms with van der Waals surface area (Å²) < 4.78 is 5.60. The van der Waals surface area contributed by atoms with Gasteiger partial charge in [-0.1, -0.05) is 33.1 Å². The smallest absolute Gasteiger partial charge is 0.159 e. The Kier molecular flexibility index (Phi) is 6.20. The van der Waals surface area contributed by atoms with Crippen molar-refractivity contribution >= 4 is 5.78 Å². The first-order valence-corrected chi connectivity index (χ1v) is 6.54. The minimum atomic E-state index is 0.223. The van der Waals surface area contributed by atoms with Gasteiger partial charge in [0.25, 0.3) is 0 Å². The van der Waals surface area contributed by atoms with E-state index >= 15 is 0 Å². The monoisotopic (exact) mass is 224 g/mol. The first kappa shape index (κ1) is 13.3. The summed E-state index contributed by atoms with van der Waals surface area (Å²) in [6.07, 6.45) is 9.21. The normalized spacial score (nSPS) is 16.4. The van der Waals surface area contributed by atoms with Crippen LogP contribution < -0.4 is 0 Å². The molecule has 0 atom stereocenters. The van der Waals surface area contributed by atoms with Crippen LogP contribution in [0, 0.1) is 5.92 Å². The Morgan fingerprint density at radius 3 is 2.75 bits per heavy atom. The summed E-state index contributed by atoms with van der Waals surface area (Å²) in [5.41, 5.74) is 0. The zero-order valence-corrected chi connectivity index (χ0v) is 10.6. The van der Waals surface area contributed by atoms with Gasteiger partial charge in [-0.2, -0.15) is 0 Å². The van der Waals surface area contributed by atoms with Crippen molar-refractivity contribution in [2.45, 2.75) is 58.8 Å². The summed E-state index contributed by atoms with van der Waals surface area (Å²) in [5, 5.41) is 0. The number of allylic oxidation sites excluding steroid dienone is 2. The van der Waals surface area contributed by atoms with Gasteiger partial charge in [0.2, 0.25) is 0 Å². The zero-order valence-electron chi connectivity index (χ0n) is 10.6. The molecule has 1 aliphatic rings. The average molecular weight is 224 g/mol. The van der Waals surface area contributed by atoms with E-state index in [0.717, 1.165) is 37.5 Å². The van der Waals surface area contributed by atoms with E-state index in [2.05, 4.69) is 13.8 Å². The van der Waals surface area contributed by atoms with E-state index in [1.807, 2.05) is 0 Å². The SMILES string of the molecule is CC(C)CCCCCOC1=CC(=O)CCC1. The number of hydrogen-bond acceptors (Lipinski definition) is 2. The van der Waals surface area contributed by atoms with Gasteiger partial charge in [-0.3, -0.25) is 4.79 Å². The largest absolute Gasteiger partial charge is 0.498 e. The molecule has 0 N–H and O–H groups in total. The topological polar surface area (TPSA) is 26.3 Å². The summed E-state index contributed by atoms with van der Waals surface area (Å²) in [5.74, 6) is 1.93. The molecule has 0 unspecified atom stereocenters. The molecule has 0 saturated carbocycles. The van der Waals surface area contributed by atoms with Crippen LogP contribution in [0.2, 0.25) is 0 Å². The van der Waals surface area contributed by atoms with E-state index in [-0.39, 0.29) is 5.78 Å². The molecule has 0 aliphatic heterocycles. The van der Waals surface area contributed by atoms with Gasteiger partial charge in [0.15, 0.2) is 5.78 Å². The van der Waals surface area contributed by atoms with Crippen molar-refractivity contribution in [3.8, 4) is 0 Å². The van der Waals surface area contributed by atoms with Crippen LogP contribution in [0.1, 0.15) is 58.8 Å². The molecule has 0 saturated heterocycles. The minimum absolute atomic E-state index is 0.223. The molecule has 0 fully saturated rings. The molecule has 0 aromatic rings. The van der Waals surface area contributed by atoms with E-state index in [1.165, 1.54) is 19.3 Å². The molecule has 0 amide bonds. The summed E-state index contributed by atoms with van der Waals surface area (Å²) in [6, 6.07) is 0. The van der Waals surface area contributed by atoms with Crippen molar-refractivity contribution in [2.75, 3.05) is 6.61 Å². The average Bonchev–Trinajstić information content (AvgIpc) is 2.23. The molecule has 0 spiro atoms. The van der Waals surface area contributed by atoms with Crippen LogP contribution in [0.25, 0.3) is 0 Å². The summed E-state index contributed by atoms with van der Waals surface area (Å²) in [6.45, 7) is 5.29. The molecule has 0 bridgehead atoms. The molecular weight excluding hydrogens is 200 g/mol. The summed E-state index contributed by atoms with van der Waals surface area (Å²) in [4.78, 5) is 11.1. The Bertz CT molecular complexity index is 241. The first-order chi connectivity index (χ1) is 7.68. The number of rotatable bonds is 7. The first-order valence-electron chi connectivity index (χ1n) is 6.54. The minimum Gasteiger partial charge on any atom is -0.498 e. The molecule has 16 heavy (non-hydrogen) atoms. The van der Waals surface area contributed by atoms with Crippen LogP contribution in [0.15, 0.2) is 11.8 Å². The Morgan fingerprint density at radius 2 is 2.06 bits per heavy atom. The maximum atomic E-state index is 11.1. The van der Waals surface area contributed by atoms with Crippen molar-refractivity contribution < 1.29 is 9.53 Å². The van der Waals surface area contributed by atoms with Crippen LogP contribution in [-0.2, 0) is 9.53 Å². The number of unbranched alkanes of at least 4 members (excludes halogenated alkanes) is 2. The predicted octanol–water partition coefficient (Wildman–Crippen LogP) is 3.86. The lowest BCUT2D eigenvalue weighted by atomic mass is 10.0. The molecule has 0 aromatic heterocycles. The van der Waals surface area contributed by atoms with Gasteiger partial charge in [0.05, 0.1) is 12.4 Å². The van der Waals surface area contributed by atoms with E-state index in [0.29, 0.717) is 6.42 Å². The van der Waals surface area contributed by atoms with Crippen molar-refractivity contribution in [3.63, 3.8) is 0 Å². The maximum Gasteiger partial charge on any atom is 0.159 e. The highest BCUT2D eigenvalue weighted by Gasteiger charge is 2.10. The van der Waals surface area contributed by atoms with Crippen LogP contribution in [0.5, 0.6) is 0 Å². The van der Waals surface area contributed by atoms with Gasteiger partial charge < -0.3 is 4.74 Å². The molecule has 2 nitrogen and oxygen atoms in total. The van der Waals surface area contributed by atoms with E-state index < -0.39 is 0 Å². The fourth-order valence-electron chi connectivity index (χ4n) is 1.91. The Morgan fingerprint density at radius 1 is 1.25 bits per heavy atom. The van der Waals surface area contributed by atoms with Gasteiger partial charge in [0.1, 0.15) is 0 Å². The van der Waals surface area contributed by atoms with Crippen LogP contribution in [0.3, 0.4) is 0 Å². The fraction of sp³-hybridized carbons (Fsp3) is 0.786. The maximum absolute atomic E-state index is 11.1. The molecule has 1 rings (SSSR count). The zero-order chi connectivity index (χ0) is 11.8. The highest BCUT2D eigenvalue weighted by molar-refractivity contribution is 5.90. The summed E-state index contributed by atoms with van der Waals surface area (Å²) in [7, 11) is 0. The van der Waals surface area contributed by atoms with Gasteiger partial charge in [-0.05, 0) is 18.8 Å². The second-order valence-corrected chi connectivity index (χ2v) is 5.02. The van der Waals surface area contributed by atoms with Crippen molar-refractivity contribution in [3.05, 3.63) is 11.8 Å². The standard InChI is InChI=1S/C14H24O2/c1-12(2)7-4-3-5-10-16-14-9-6-8-13(15)11-14/h11-12H,3-10H2,1-2H3. The van der Waals surface area contributed by atoms with Gasteiger partial charge >= 0.3 is 0 Å². The highest BCUT2D eigenvalue weighted by Crippen LogP contribution is 2.16. The molecule has 0 heterocycles. The van der Waals surface area contributed by atoms with Gasteiger partial charge in [-0.15, -0.1) is 0 Å². The third kappa shape index (κ3) is 5.94. The molecule has 0 radical (unpaired) electrons. The molecule has 1 aliphatic carbocycles. The summed E-state index contributed by atoms with van der Waals surface area (Å²) >= 11 is 0. The van der Waals surface area contributed by atoms with E-state index in [1.54, 1.807) is 6.08 Å². The number of carbonyl (C=O) groups is 1. The van der Waals surface area contributed by atoms with Gasteiger partial charge in [0, 0.05) is 18.9 Å².